The predicted molar refractivity (Wildman–Crippen MR) is 86.8 cm³/mol. The molecule has 2 heterocycles. The van der Waals surface area contributed by atoms with Crippen LogP contribution in [0.2, 0.25) is 0 Å². The van der Waals surface area contributed by atoms with E-state index in [1.165, 1.54) is 11.3 Å². The number of carbonyl (C=O) groups is 1. The van der Waals surface area contributed by atoms with Crippen molar-refractivity contribution in [2.24, 2.45) is 5.73 Å². The third-order valence-electron chi connectivity index (χ3n) is 2.29. The third kappa shape index (κ3) is 5.42. The Morgan fingerprint density at radius 1 is 1.30 bits per heavy atom. The SMILES string of the molecule is Cl.Cl.NCCCC(=O)Nc1nc(-c2ccccn2)cs1. The van der Waals surface area contributed by atoms with E-state index < -0.39 is 0 Å². The van der Waals surface area contributed by atoms with E-state index in [1.807, 2.05) is 23.6 Å². The first-order valence-corrected chi connectivity index (χ1v) is 6.54. The van der Waals surface area contributed by atoms with Crippen molar-refractivity contribution in [3.05, 3.63) is 29.8 Å². The second-order valence-corrected chi connectivity index (χ2v) is 4.55. The Bertz CT molecular complexity index is 521. The van der Waals surface area contributed by atoms with Gasteiger partial charge in [-0.15, -0.1) is 36.2 Å². The molecule has 0 saturated heterocycles. The van der Waals surface area contributed by atoms with Gasteiger partial charge in [0.15, 0.2) is 5.13 Å². The van der Waals surface area contributed by atoms with Gasteiger partial charge in [-0.05, 0) is 25.1 Å². The number of nitrogens with zero attached hydrogens (tertiary/aromatic N) is 2. The lowest BCUT2D eigenvalue weighted by Crippen LogP contribution is -2.13. The molecule has 0 bridgehead atoms. The van der Waals surface area contributed by atoms with Crippen LogP contribution in [0.5, 0.6) is 0 Å². The highest BCUT2D eigenvalue weighted by Crippen LogP contribution is 2.23. The number of hydrogen-bond acceptors (Lipinski definition) is 5. The number of thiazole rings is 1. The van der Waals surface area contributed by atoms with E-state index in [2.05, 4.69) is 15.3 Å². The fraction of sp³-hybridized carbons (Fsp3) is 0.250. The minimum atomic E-state index is -0.0534. The minimum Gasteiger partial charge on any atom is -0.330 e. The van der Waals surface area contributed by atoms with Gasteiger partial charge in [0.05, 0.1) is 5.69 Å². The summed E-state index contributed by atoms with van der Waals surface area (Å²) in [7, 11) is 0. The summed E-state index contributed by atoms with van der Waals surface area (Å²) in [4.78, 5) is 20.0. The molecule has 3 N–H and O–H groups in total. The van der Waals surface area contributed by atoms with Crippen molar-refractivity contribution >= 4 is 47.2 Å². The molecule has 20 heavy (non-hydrogen) atoms. The van der Waals surface area contributed by atoms with Gasteiger partial charge in [0.1, 0.15) is 5.69 Å². The molecule has 1 amide bonds. The van der Waals surface area contributed by atoms with Gasteiger partial charge in [-0.25, -0.2) is 4.98 Å². The molecule has 0 saturated carbocycles. The minimum absolute atomic E-state index is 0. The van der Waals surface area contributed by atoms with Gasteiger partial charge in [-0.1, -0.05) is 6.07 Å². The molecular formula is C12H16Cl2N4OS. The summed E-state index contributed by atoms with van der Waals surface area (Å²) in [6, 6.07) is 5.64. The molecule has 8 heteroatoms. The molecule has 110 valence electrons. The lowest BCUT2D eigenvalue weighted by molar-refractivity contribution is -0.116. The highest BCUT2D eigenvalue weighted by atomic mass is 35.5. The average Bonchev–Trinajstić information content (AvgIpc) is 2.86. The smallest absolute Gasteiger partial charge is 0.226 e. The van der Waals surface area contributed by atoms with Crippen molar-refractivity contribution in [1.29, 1.82) is 0 Å². The lowest BCUT2D eigenvalue weighted by Gasteiger charge is -1.99. The maximum Gasteiger partial charge on any atom is 0.226 e. The Morgan fingerprint density at radius 3 is 2.75 bits per heavy atom. The van der Waals surface area contributed by atoms with Crippen LogP contribution in [0.4, 0.5) is 5.13 Å². The zero-order chi connectivity index (χ0) is 12.8. The molecule has 0 unspecified atom stereocenters. The highest BCUT2D eigenvalue weighted by molar-refractivity contribution is 7.14. The van der Waals surface area contributed by atoms with Crippen LogP contribution in [-0.2, 0) is 4.79 Å². The summed E-state index contributed by atoms with van der Waals surface area (Å²) >= 11 is 1.39. The average molecular weight is 335 g/mol. The first-order valence-electron chi connectivity index (χ1n) is 5.66. The van der Waals surface area contributed by atoms with Crippen LogP contribution in [0.3, 0.4) is 0 Å². The van der Waals surface area contributed by atoms with E-state index in [1.54, 1.807) is 6.20 Å². The van der Waals surface area contributed by atoms with Crippen molar-refractivity contribution in [2.75, 3.05) is 11.9 Å². The van der Waals surface area contributed by atoms with Crippen molar-refractivity contribution < 1.29 is 4.79 Å². The molecule has 2 aromatic rings. The highest BCUT2D eigenvalue weighted by Gasteiger charge is 2.07. The first-order chi connectivity index (χ1) is 8.79. The molecule has 0 spiro atoms. The topological polar surface area (TPSA) is 80.9 Å². The number of pyridine rings is 1. The van der Waals surface area contributed by atoms with Gasteiger partial charge >= 0.3 is 0 Å². The zero-order valence-corrected chi connectivity index (χ0v) is 13.1. The van der Waals surface area contributed by atoms with Gasteiger partial charge < -0.3 is 11.1 Å². The molecule has 2 aromatic heterocycles. The standard InChI is InChI=1S/C12H14N4OS.2ClH/c13-6-3-5-11(17)16-12-15-10(8-18-12)9-4-1-2-7-14-9;;/h1-2,4,7-8H,3,5-6,13H2,(H,15,16,17);2*1H. The fourth-order valence-corrected chi connectivity index (χ4v) is 2.13. The van der Waals surface area contributed by atoms with Crippen LogP contribution in [-0.4, -0.2) is 22.4 Å². The number of hydrogen-bond donors (Lipinski definition) is 2. The van der Waals surface area contributed by atoms with Crippen LogP contribution in [0.15, 0.2) is 29.8 Å². The lowest BCUT2D eigenvalue weighted by atomic mass is 10.3. The molecule has 0 aromatic carbocycles. The van der Waals surface area contributed by atoms with Gasteiger partial charge in [0.2, 0.25) is 5.91 Å². The van der Waals surface area contributed by atoms with Crippen LogP contribution in [0.1, 0.15) is 12.8 Å². The first kappa shape index (κ1) is 18.8. The number of anilines is 1. The summed E-state index contributed by atoms with van der Waals surface area (Å²) < 4.78 is 0. The van der Waals surface area contributed by atoms with Crippen molar-refractivity contribution in [2.45, 2.75) is 12.8 Å². The van der Waals surface area contributed by atoms with E-state index in [9.17, 15) is 4.79 Å². The molecule has 0 fully saturated rings. The summed E-state index contributed by atoms with van der Waals surface area (Å²) in [5, 5.41) is 5.22. The van der Waals surface area contributed by atoms with Crippen LogP contribution in [0.25, 0.3) is 11.4 Å². The number of nitrogens with two attached hydrogens (primary N) is 1. The number of nitrogens with one attached hydrogen (secondary N) is 1. The Morgan fingerprint density at radius 2 is 2.10 bits per heavy atom. The van der Waals surface area contributed by atoms with Crippen LogP contribution in [0, 0.1) is 0 Å². The zero-order valence-electron chi connectivity index (χ0n) is 10.6. The maximum absolute atomic E-state index is 11.5. The summed E-state index contributed by atoms with van der Waals surface area (Å²) in [5.41, 5.74) is 6.92. The van der Waals surface area contributed by atoms with E-state index in [4.69, 9.17) is 5.73 Å². The monoisotopic (exact) mass is 334 g/mol. The van der Waals surface area contributed by atoms with Crippen molar-refractivity contribution in [3.8, 4) is 11.4 Å². The van der Waals surface area contributed by atoms with E-state index >= 15 is 0 Å². The molecule has 0 aliphatic heterocycles. The Labute approximate surface area is 133 Å². The van der Waals surface area contributed by atoms with Crippen LogP contribution >= 0.6 is 36.2 Å². The number of halogens is 2. The van der Waals surface area contributed by atoms with Gasteiger partial charge in [0.25, 0.3) is 0 Å². The fourth-order valence-electron chi connectivity index (χ4n) is 1.41. The van der Waals surface area contributed by atoms with Gasteiger partial charge in [0, 0.05) is 18.0 Å². The number of aromatic nitrogens is 2. The molecule has 2 rings (SSSR count). The Hall–Kier alpha value is -1.21. The Balaban J connectivity index is 0.00000180. The molecule has 0 atom stereocenters. The summed E-state index contributed by atoms with van der Waals surface area (Å²) in [6.07, 6.45) is 2.83. The summed E-state index contributed by atoms with van der Waals surface area (Å²) in [6.45, 7) is 0.518. The van der Waals surface area contributed by atoms with E-state index in [-0.39, 0.29) is 30.7 Å². The van der Waals surface area contributed by atoms with Crippen molar-refractivity contribution in [3.63, 3.8) is 0 Å². The van der Waals surface area contributed by atoms with Crippen LogP contribution < -0.4 is 11.1 Å². The molecule has 0 aliphatic rings. The Kier molecular flexibility index (Phi) is 9.07. The second-order valence-electron chi connectivity index (χ2n) is 3.69. The number of amides is 1. The molecule has 0 radical (unpaired) electrons. The van der Waals surface area contributed by atoms with E-state index in [0.717, 1.165) is 11.4 Å². The predicted octanol–water partition coefficient (Wildman–Crippen LogP) is 2.73. The van der Waals surface area contributed by atoms with Crippen molar-refractivity contribution in [1.82, 2.24) is 9.97 Å². The molecule has 0 aliphatic carbocycles. The van der Waals surface area contributed by atoms with Gasteiger partial charge in [-0.3, -0.25) is 9.78 Å². The molecule has 5 nitrogen and oxygen atoms in total. The summed E-state index contributed by atoms with van der Waals surface area (Å²) in [5.74, 6) is -0.0534. The van der Waals surface area contributed by atoms with Gasteiger partial charge in [-0.2, -0.15) is 0 Å². The maximum atomic E-state index is 11.5. The normalized spacial score (nSPS) is 9.25. The largest absolute Gasteiger partial charge is 0.330 e. The molecular weight excluding hydrogens is 319 g/mol. The number of rotatable bonds is 5. The quantitative estimate of drug-likeness (QED) is 0.880. The van der Waals surface area contributed by atoms with E-state index in [0.29, 0.717) is 24.5 Å². The third-order valence-corrected chi connectivity index (χ3v) is 3.04. The second kappa shape index (κ2) is 9.66. The number of carbonyl (C=O) groups excluding carboxylic acids is 1.